The third-order valence-electron chi connectivity index (χ3n) is 9.58. The van der Waals surface area contributed by atoms with E-state index >= 15 is 0 Å². The van der Waals surface area contributed by atoms with Gasteiger partial charge >= 0.3 is 0 Å². The van der Waals surface area contributed by atoms with E-state index in [0.29, 0.717) is 0 Å². The van der Waals surface area contributed by atoms with E-state index in [2.05, 4.69) is 6.92 Å². The van der Waals surface area contributed by atoms with Crippen molar-refractivity contribution in [1.82, 2.24) is 0 Å². The van der Waals surface area contributed by atoms with E-state index in [9.17, 15) is 35.7 Å². The molecule has 0 aromatic rings. The molecule has 0 spiro atoms. The molecule has 38 heavy (non-hydrogen) atoms. The average Bonchev–Trinajstić information content (AvgIpc) is 2.80. The van der Waals surface area contributed by atoms with Crippen molar-refractivity contribution in [2.24, 2.45) is 0 Å². The Morgan fingerprint density at radius 1 is 0.632 bits per heavy atom. The van der Waals surface area contributed by atoms with Crippen LogP contribution in [0.3, 0.4) is 0 Å². The van der Waals surface area contributed by atoms with Crippen molar-refractivity contribution in [3.8, 4) is 0 Å². The quantitative estimate of drug-likeness (QED) is 0.170. The first-order chi connectivity index (χ1) is 17.2. The molecule has 0 aromatic carbocycles. The molecule has 10 unspecified atom stereocenters. The fraction of sp³-hybridized carbons (Fsp3) is 1.00. The lowest BCUT2D eigenvalue weighted by atomic mass is 9.63. The third kappa shape index (κ3) is 5.42. The summed E-state index contributed by atoms with van der Waals surface area (Å²) in [5.41, 5.74) is -14.3. The van der Waals surface area contributed by atoms with Crippen molar-refractivity contribution in [2.75, 3.05) is 19.8 Å². The number of rotatable bonds is 12. The molecule has 2 saturated heterocycles. The van der Waals surface area contributed by atoms with E-state index < -0.39 is 71.1 Å². The van der Waals surface area contributed by atoms with E-state index in [1.165, 1.54) is 54.9 Å². The van der Waals surface area contributed by atoms with Crippen LogP contribution in [-0.4, -0.2) is 113 Å². The largest absolute Gasteiger partial charge is 0.394 e. The number of aliphatic hydroxyl groups is 7. The summed E-state index contributed by atoms with van der Waals surface area (Å²) >= 11 is 0. The van der Waals surface area contributed by atoms with Crippen LogP contribution in [0.1, 0.15) is 93.9 Å². The van der Waals surface area contributed by atoms with Gasteiger partial charge in [-0.3, -0.25) is 0 Å². The molecule has 0 radical (unpaired) electrons. The topological polar surface area (TPSA) is 179 Å². The Labute approximate surface area is 226 Å². The van der Waals surface area contributed by atoms with Crippen LogP contribution in [0.15, 0.2) is 0 Å². The molecular weight excluding hydrogens is 500 g/mol. The molecule has 10 atom stereocenters. The Morgan fingerprint density at radius 3 is 1.71 bits per heavy atom. The Balaban J connectivity index is 2.24. The van der Waals surface area contributed by atoms with Crippen LogP contribution in [0.2, 0.25) is 0 Å². The summed E-state index contributed by atoms with van der Waals surface area (Å²) in [4.78, 5) is 0. The molecule has 2 heterocycles. The fourth-order valence-corrected chi connectivity index (χ4v) is 5.27. The average molecular weight is 553 g/mol. The summed E-state index contributed by atoms with van der Waals surface area (Å²) in [7, 11) is 0. The van der Waals surface area contributed by atoms with Gasteiger partial charge in [0.15, 0.2) is 12.6 Å². The first-order valence-electron chi connectivity index (χ1n) is 13.7. The van der Waals surface area contributed by atoms with E-state index in [4.69, 9.17) is 18.9 Å². The highest BCUT2D eigenvalue weighted by Crippen LogP contribution is 2.50. The van der Waals surface area contributed by atoms with Crippen LogP contribution in [0.5, 0.6) is 0 Å². The lowest BCUT2D eigenvalue weighted by Gasteiger charge is -2.62. The van der Waals surface area contributed by atoms with Crippen LogP contribution in [0.25, 0.3) is 0 Å². The highest BCUT2D eigenvalue weighted by atomic mass is 16.7. The molecule has 0 bridgehead atoms. The highest BCUT2D eigenvalue weighted by Gasteiger charge is 2.72. The Bertz CT molecular complexity index is 777. The minimum atomic E-state index is -2.18. The van der Waals surface area contributed by atoms with Crippen molar-refractivity contribution in [2.45, 2.75) is 152 Å². The number of hydrogen-bond donors (Lipinski definition) is 7. The third-order valence-corrected chi connectivity index (χ3v) is 9.58. The molecule has 0 saturated carbocycles. The van der Waals surface area contributed by atoms with Gasteiger partial charge in [0.1, 0.15) is 45.3 Å². The minimum Gasteiger partial charge on any atom is -0.394 e. The van der Waals surface area contributed by atoms with E-state index in [-0.39, 0.29) is 6.61 Å². The molecule has 2 rings (SSSR count). The van der Waals surface area contributed by atoms with Crippen LogP contribution in [0.4, 0.5) is 0 Å². The zero-order valence-corrected chi connectivity index (χ0v) is 24.4. The maximum atomic E-state index is 11.5. The summed E-state index contributed by atoms with van der Waals surface area (Å²) in [5, 5.41) is 76.9. The molecule has 0 aliphatic carbocycles. The number of hydrogen-bond acceptors (Lipinski definition) is 11. The number of unbranched alkanes of at least 4 members (excludes halogenated alkanes) is 5. The van der Waals surface area contributed by atoms with Gasteiger partial charge in [0.2, 0.25) is 0 Å². The second kappa shape index (κ2) is 11.4. The maximum Gasteiger partial charge on any atom is 0.189 e. The molecule has 11 heteroatoms. The van der Waals surface area contributed by atoms with Crippen molar-refractivity contribution < 1.29 is 54.7 Å². The molecule has 2 aliphatic heterocycles. The number of aliphatic hydroxyl groups excluding tert-OH is 1. The minimum absolute atomic E-state index is 0.263. The summed E-state index contributed by atoms with van der Waals surface area (Å²) in [6.07, 6.45) is 1.96. The van der Waals surface area contributed by atoms with Crippen molar-refractivity contribution >= 4 is 0 Å². The van der Waals surface area contributed by atoms with Gasteiger partial charge in [0.25, 0.3) is 0 Å². The molecule has 2 fully saturated rings. The zero-order chi connectivity index (χ0) is 29.4. The Morgan fingerprint density at radius 2 is 1.16 bits per heavy atom. The predicted molar refractivity (Wildman–Crippen MR) is 138 cm³/mol. The smallest absolute Gasteiger partial charge is 0.189 e. The molecule has 7 N–H and O–H groups in total. The van der Waals surface area contributed by atoms with Gasteiger partial charge < -0.3 is 54.7 Å². The second-order valence-corrected chi connectivity index (χ2v) is 12.4. The lowest BCUT2D eigenvalue weighted by molar-refractivity contribution is -0.433. The van der Waals surface area contributed by atoms with Crippen LogP contribution < -0.4 is 0 Å². The normalized spacial score (nSPS) is 49.8. The first-order valence-corrected chi connectivity index (χ1v) is 13.7. The maximum absolute atomic E-state index is 11.5. The van der Waals surface area contributed by atoms with Gasteiger partial charge in [-0.05, 0) is 54.9 Å². The zero-order valence-electron chi connectivity index (χ0n) is 24.4. The Hall–Kier alpha value is -0.440. The Kier molecular flexibility index (Phi) is 10.2. The summed E-state index contributed by atoms with van der Waals surface area (Å²) < 4.78 is 23.4. The number of ether oxygens (including phenoxy) is 4. The summed E-state index contributed by atoms with van der Waals surface area (Å²) in [6, 6.07) is 0. The van der Waals surface area contributed by atoms with Gasteiger partial charge in [0, 0.05) is 6.61 Å². The molecule has 226 valence electrons. The van der Waals surface area contributed by atoms with E-state index in [1.807, 2.05) is 0 Å². The van der Waals surface area contributed by atoms with Gasteiger partial charge in [-0.15, -0.1) is 0 Å². The van der Waals surface area contributed by atoms with Crippen LogP contribution >= 0.6 is 0 Å². The molecule has 2 aliphatic rings. The molecular formula is C27H52O11. The molecule has 11 nitrogen and oxygen atoms in total. The van der Waals surface area contributed by atoms with Crippen molar-refractivity contribution in [3.63, 3.8) is 0 Å². The molecule has 0 amide bonds. The van der Waals surface area contributed by atoms with Gasteiger partial charge in [-0.25, -0.2) is 0 Å². The standard InChI is InChI=1S/C27H52O11/c1-9-10-11-12-13-14-15-35-20-24(5,31)27(8,34)25(6,32)21(2,38-20)17-36-19-23(4,30)26(7,33)22(3,29)18(16-28)37-19/h18-20,28-34H,9-17H2,1-8H3. The molecule has 0 aromatic heterocycles. The van der Waals surface area contributed by atoms with E-state index in [0.717, 1.165) is 32.1 Å². The van der Waals surface area contributed by atoms with Crippen molar-refractivity contribution in [1.29, 1.82) is 0 Å². The monoisotopic (exact) mass is 552 g/mol. The van der Waals surface area contributed by atoms with Crippen LogP contribution in [0, 0.1) is 0 Å². The van der Waals surface area contributed by atoms with Crippen molar-refractivity contribution in [3.05, 3.63) is 0 Å². The second-order valence-electron chi connectivity index (χ2n) is 12.4. The van der Waals surface area contributed by atoms with E-state index in [1.54, 1.807) is 0 Å². The first kappa shape index (κ1) is 33.8. The van der Waals surface area contributed by atoms with Gasteiger partial charge in [0.05, 0.1) is 13.2 Å². The van der Waals surface area contributed by atoms with Crippen LogP contribution in [-0.2, 0) is 18.9 Å². The fourth-order valence-electron chi connectivity index (χ4n) is 5.27. The van der Waals surface area contributed by atoms with Gasteiger partial charge in [-0.2, -0.15) is 0 Å². The SMILES string of the molecule is CCCCCCCCOC1OC(C)(COC2OC(CO)C(C)(O)C(C)(O)C2(C)O)C(C)(O)C(C)(O)C1(C)O. The summed E-state index contributed by atoms with van der Waals surface area (Å²) in [6.45, 7) is 10.3. The summed E-state index contributed by atoms with van der Waals surface area (Å²) in [5.74, 6) is 0. The highest BCUT2D eigenvalue weighted by molar-refractivity contribution is 5.19. The van der Waals surface area contributed by atoms with Gasteiger partial charge in [-0.1, -0.05) is 39.0 Å². The predicted octanol–water partition coefficient (Wildman–Crippen LogP) is 0.718. The lowest BCUT2D eigenvalue weighted by Crippen LogP contribution is -2.82.